The molecule has 3 aromatic heterocycles. The number of nitrogens with zero attached hydrogens (tertiary/aromatic N) is 2. The highest BCUT2D eigenvalue weighted by atomic mass is 16.1. The highest BCUT2D eigenvalue weighted by molar-refractivity contribution is 5.80. The van der Waals surface area contributed by atoms with Crippen LogP contribution < -0.4 is 5.56 Å². The van der Waals surface area contributed by atoms with Gasteiger partial charge in [-0.2, -0.15) is 0 Å². The largest absolute Gasteiger partial charge is 0.338 e. The molecule has 0 aliphatic rings. The fourth-order valence-electron chi connectivity index (χ4n) is 2.62. The van der Waals surface area contributed by atoms with Gasteiger partial charge in [-0.1, -0.05) is 6.07 Å². The van der Waals surface area contributed by atoms with Crippen molar-refractivity contribution in [2.45, 2.75) is 6.92 Å². The lowest BCUT2D eigenvalue weighted by atomic mass is 10.1. The molecule has 23 heavy (non-hydrogen) atoms. The third kappa shape index (κ3) is 2.42. The average molecular weight is 302 g/mol. The highest BCUT2D eigenvalue weighted by Gasteiger charge is 2.11. The third-order valence-electron chi connectivity index (χ3n) is 3.81. The Bertz CT molecular complexity index is 1050. The van der Waals surface area contributed by atoms with Crippen LogP contribution in [0.2, 0.25) is 0 Å². The number of imidazole rings is 1. The average Bonchev–Trinajstić information content (AvgIpc) is 2.99. The molecular formula is C18H14N4O. The summed E-state index contributed by atoms with van der Waals surface area (Å²) in [5, 5.41) is 0. The van der Waals surface area contributed by atoms with E-state index in [4.69, 9.17) is 0 Å². The molecule has 5 heteroatoms. The van der Waals surface area contributed by atoms with Crippen molar-refractivity contribution in [2.75, 3.05) is 0 Å². The van der Waals surface area contributed by atoms with E-state index in [0.29, 0.717) is 11.4 Å². The predicted octanol–water partition coefficient (Wildman–Crippen LogP) is 3.29. The standard InChI is InChI=1S/C18H14N4O/c1-11-2-3-15-16(8-11)22-17(21-15)14-9-13(10-20-18(14)23)12-4-6-19-7-5-12/h2-10H,1H3,(H,20,23)(H,21,22). The van der Waals surface area contributed by atoms with Crippen molar-refractivity contribution in [3.05, 3.63) is 70.9 Å². The first-order chi connectivity index (χ1) is 11.2. The van der Waals surface area contributed by atoms with Gasteiger partial charge in [0.25, 0.3) is 5.56 Å². The molecule has 0 atom stereocenters. The summed E-state index contributed by atoms with van der Waals surface area (Å²) in [5.74, 6) is 0.572. The van der Waals surface area contributed by atoms with Crippen molar-refractivity contribution in [3.8, 4) is 22.5 Å². The van der Waals surface area contributed by atoms with E-state index in [1.165, 1.54) is 0 Å². The van der Waals surface area contributed by atoms with Crippen molar-refractivity contribution in [1.82, 2.24) is 19.9 Å². The van der Waals surface area contributed by atoms with E-state index in [9.17, 15) is 4.79 Å². The van der Waals surface area contributed by atoms with Crippen molar-refractivity contribution in [1.29, 1.82) is 0 Å². The van der Waals surface area contributed by atoms with Crippen LogP contribution in [0.15, 0.2) is 59.8 Å². The van der Waals surface area contributed by atoms with Gasteiger partial charge in [0.15, 0.2) is 0 Å². The maximum absolute atomic E-state index is 12.2. The Morgan fingerprint density at radius 1 is 1.00 bits per heavy atom. The molecule has 0 bridgehead atoms. The molecule has 3 heterocycles. The summed E-state index contributed by atoms with van der Waals surface area (Å²) in [6.07, 6.45) is 5.15. The first-order valence-corrected chi connectivity index (χ1v) is 7.30. The maximum atomic E-state index is 12.2. The Morgan fingerprint density at radius 3 is 2.65 bits per heavy atom. The molecule has 0 radical (unpaired) electrons. The number of pyridine rings is 2. The van der Waals surface area contributed by atoms with E-state index in [1.54, 1.807) is 18.6 Å². The van der Waals surface area contributed by atoms with Crippen LogP contribution in [0.25, 0.3) is 33.5 Å². The van der Waals surface area contributed by atoms with Gasteiger partial charge >= 0.3 is 0 Å². The molecule has 112 valence electrons. The number of aryl methyl sites for hydroxylation is 1. The number of aromatic nitrogens is 4. The van der Waals surface area contributed by atoms with Crippen LogP contribution in [0.1, 0.15) is 5.56 Å². The maximum Gasteiger partial charge on any atom is 0.259 e. The normalized spacial score (nSPS) is 11.0. The molecular weight excluding hydrogens is 288 g/mol. The van der Waals surface area contributed by atoms with E-state index < -0.39 is 0 Å². The van der Waals surface area contributed by atoms with Gasteiger partial charge in [0.05, 0.1) is 16.6 Å². The zero-order valence-corrected chi connectivity index (χ0v) is 12.5. The van der Waals surface area contributed by atoms with Crippen LogP contribution >= 0.6 is 0 Å². The Balaban J connectivity index is 1.88. The molecule has 0 amide bonds. The summed E-state index contributed by atoms with van der Waals surface area (Å²) in [7, 11) is 0. The van der Waals surface area contributed by atoms with Crippen molar-refractivity contribution >= 4 is 11.0 Å². The lowest BCUT2D eigenvalue weighted by Crippen LogP contribution is -2.09. The van der Waals surface area contributed by atoms with Gasteiger partial charge in [-0.3, -0.25) is 9.78 Å². The quantitative estimate of drug-likeness (QED) is 0.596. The van der Waals surface area contributed by atoms with Crippen LogP contribution in [-0.4, -0.2) is 19.9 Å². The fourth-order valence-corrected chi connectivity index (χ4v) is 2.62. The number of hydrogen-bond acceptors (Lipinski definition) is 3. The topological polar surface area (TPSA) is 74.4 Å². The molecule has 5 nitrogen and oxygen atoms in total. The lowest BCUT2D eigenvalue weighted by Gasteiger charge is -2.02. The van der Waals surface area contributed by atoms with Crippen LogP contribution in [0.4, 0.5) is 0 Å². The summed E-state index contributed by atoms with van der Waals surface area (Å²) >= 11 is 0. The molecule has 2 N–H and O–H groups in total. The smallest absolute Gasteiger partial charge is 0.259 e. The van der Waals surface area contributed by atoms with Gasteiger partial charge in [0, 0.05) is 18.6 Å². The molecule has 1 aromatic carbocycles. The number of hydrogen-bond donors (Lipinski definition) is 2. The molecule has 0 aliphatic carbocycles. The second kappa shape index (κ2) is 5.21. The van der Waals surface area contributed by atoms with E-state index in [-0.39, 0.29) is 5.56 Å². The first-order valence-electron chi connectivity index (χ1n) is 7.30. The molecule has 4 rings (SSSR count). The Hall–Kier alpha value is -3.21. The minimum absolute atomic E-state index is 0.168. The molecule has 0 saturated carbocycles. The Kier molecular flexibility index (Phi) is 3.05. The number of fused-ring (bicyclic) bond motifs is 1. The van der Waals surface area contributed by atoms with Gasteiger partial charge < -0.3 is 9.97 Å². The predicted molar refractivity (Wildman–Crippen MR) is 90.1 cm³/mol. The van der Waals surface area contributed by atoms with Crippen molar-refractivity contribution < 1.29 is 0 Å². The van der Waals surface area contributed by atoms with E-state index in [0.717, 1.165) is 27.7 Å². The second-order valence-corrected chi connectivity index (χ2v) is 5.47. The summed E-state index contributed by atoms with van der Waals surface area (Å²) in [6, 6.07) is 11.6. The number of aromatic amines is 2. The monoisotopic (exact) mass is 302 g/mol. The molecule has 0 unspecified atom stereocenters. The van der Waals surface area contributed by atoms with Gasteiger partial charge in [0.1, 0.15) is 5.82 Å². The van der Waals surface area contributed by atoms with Crippen molar-refractivity contribution in [2.24, 2.45) is 0 Å². The zero-order valence-electron chi connectivity index (χ0n) is 12.5. The second-order valence-electron chi connectivity index (χ2n) is 5.47. The van der Waals surface area contributed by atoms with Crippen molar-refractivity contribution in [3.63, 3.8) is 0 Å². The number of benzene rings is 1. The van der Waals surface area contributed by atoms with Crippen LogP contribution in [0.5, 0.6) is 0 Å². The van der Waals surface area contributed by atoms with Crippen LogP contribution in [-0.2, 0) is 0 Å². The van der Waals surface area contributed by atoms with Crippen LogP contribution in [0, 0.1) is 6.92 Å². The van der Waals surface area contributed by atoms with E-state index >= 15 is 0 Å². The zero-order chi connectivity index (χ0) is 15.8. The number of H-pyrrole nitrogens is 2. The molecule has 0 aliphatic heterocycles. The Labute approximate surface area is 132 Å². The van der Waals surface area contributed by atoms with Gasteiger partial charge in [-0.15, -0.1) is 0 Å². The SMILES string of the molecule is Cc1ccc2nc(-c3cc(-c4ccncc4)c[nH]c3=O)[nH]c2c1. The van der Waals surface area contributed by atoms with Crippen LogP contribution in [0.3, 0.4) is 0 Å². The van der Waals surface area contributed by atoms with E-state index in [1.807, 2.05) is 43.3 Å². The first kappa shape index (κ1) is 13.5. The summed E-state index contributed by atoms with van der Waals surface area (Å²) < 4.78 is 0. The van der Waals surface area contributed by atoms with Gasteiger partial charge in [-0.25, -0.2) is 4.98 Å². The lowest BCUT2D eigenvalue weighted by molar-refractivity contribution is 1.21. The third-order valence-corrected chi connectivity index (χ3v) is 3.81. The summed E-state index contributed by atoms with van der Waals surface area (Å²) in [5.41, 5.74) is 5.18. The number of rotatable bonds is 2. The number of nitrogens with one attached hydrogen (secondary N) is 2. The molecule has 0 saturated heterocycles. The van der Waals surface area contributed by atoms with Gasteiger partial charge in [-0.05, 0) is 53.9 Å². The minimum atomic E-state index is -0.168. The molecule has 4 aromatic rings. The molecule has 0 fully saturated rings. The van der Waals surface area contributed by atoms with E-state index in [2.05, 4.69) is 19.9 Å². The fraction of sp³-hybridized carbons (Fsp3) is 0.0556. The molecule has 0 spiro atoms. The summed E-state index contributed by atoms with van der Waals surface area (Å²) in [4.78, 5) is 26.8. The summed E-state index contributed by atoms with van der Waals surface area (Å²) in [6.45, 7) is 2.02. The Morgan fingerprint density at radius 2 is 1.83 bits per heavy atom. The van der Waals surface area contributed by atoms with Gasteiger partial charge in [0.2, 0.25) is 0 Å². The highest BCUT2D eigenvalue weighted by Crippen LogP contribution is 2.23. The minimum Gasteiger partial charge on any atom is -0.338 e.